The second kappa shape index (κ2) is 6.68. The number of imidazole rings is 1. The maximum atomic E-state index is 13.4. The molecule has 0 aromatic carbocycles. The van der Waals surface area contributed by atoms with Gasteiger partial charge >= 0.3 is 11.8 Å². The monoisotopic (exact) mass is 439 g/mol. The molecule has 0 saturated heterocycles. The number of aromatic amines is 1. The molecule has 1 N–H and O–H groups in total. The zero-order valence-corrected chi connectivity index (χ0v) is 17.1. The van der Waals surface area contributed by atoms with Crippen LogP contribution in [0.25, 0.3) is 5.52 Å². The van der Waals surface area contributed by atoms with Gasteiger partial charge in [-0.2, -0.15) is 5.10 Å². The number of amides is 1. The molecule has 1 saturated carbocycles. The topological polar surface area (TPSA) is 105 Å². The van der Waals surface area contributed by atoms with Crippen molar-refractivity contribution in [3.8, 4) is 0 Å². The number of hydrogen-bond acceptors (Lipinski definition) is 6. The van der Waals surface area contributed by atoms with Crippen LogP contribution in [0.1, 0.15) is 64.0 Å². The fourth-order valence-corrected chi connectivity index (χ4v) is 4.55. The largest absolute Gasteiger partial charge is 0.417 e. The Bertz CT molecular complexity index is 1330. The van der Waals surface area contributed by atoms with Crippen molar-refractivity contribution < 1.29 is 18.0 Å². The number of H-pyrrole nitrogens is 1. The number of rotatable bonds is 3. The highest BCUT2D eigenvalue weighted by Crippen LogP contribution is 2.47. The zero-order chi connectivity index (χ0) is 22.0. The van der Waals surface area contributed by atoms with E-state index in [0.29, 0.717) is 24.4 Å². The SMILES string of the molecule is Cc1cccn2nc([C@H]3c4nc[nH]c4CCN3C(=O)c3nnc(C4CC(F)(F)C4)o3)cc12. The van der Waals surface area contributed by atoms with Gasteiger partial charge in [0.25, 0.3) is 0 Å². The van der Waals surface area contributed by atoms with E-state index < -0.39 is 23.8 Å². The third kappa shape index (κ3) is 2.91. The maximum absolute atomic E-state index is 13.4. The summed E-state index contributed by atoms with van der Waals surface area (Å²) in [5.41, 5.74) is 4.31. The Hall–Kier alpha value is -3.63. The van der Waals surface area contributed by atoms with Gasteiger partial charge in [0.1, 0.15) is 6.04 Å². The number of nitrogens with one attached hydrogen (secondary N) is 1. The summed E-state index contributed by atoms with van der Waals surface area (Å²) >= 11 is 0. The van der Waals surface area contributed by atoms with Crippen LogP contribution in [-0.4, -0.2) is 53.1 Å². The second-order valence-electron chi connectivity index (χ2n) is 8.41. The van der Waals surface area contributed by atoms with E-state index in [0.717, 1.165) is 16.8 Å². The van der Waals surface area contributed by atoms with E-state index in [9.17, 15) is 13.6 Å². The van der Waals surface area contributed by atoms with Crippen molar-refractivity contribution in [3.05, 3.63) is 65.1 Å². The average Bonchev–Trinajstić information content (AvgIpc) is 3.49. The molecule has 2 aliphatic rings. The minimum absolute atomic E-state index is 0.0802. The Balaban J connectivity index is 1.36. The first kappa shape index (κ1) is 19.1. The van der Waals surface area contributed by atoms with E-state index in [1.54, 1.807) is 15.7 Å². The predicted octanol–water partition coefficient (Wildman–Crippen LogP) is 3.05. The van der Waals surface area contributed by atoms with Crippen molar-refractivity contribution in [1.29, 1.82) is 0 Å². The van der Waals surface area contributed by atoms with Crippen molar-refractivity contribution >= 4 is 11.4 Å². The molecule has 0 spiro atoms. The van der Waals surface area contributed by atoms with Gasteiger partial charge < -0.3 is 14.3 Å². The number of aryl methyl sites for hydroxylation is 1. The molecule has 1 fully saturated rings. The molecule has 0 radical (unpaired) electrons. The molecule has 9 nitrogen and oxygen atoms in total. The lowest BCUT2D eigenvalue weighted by Crippen LogP contribution is -2.41. The Kier molecular flexibility index (Phi) is 3.99. The molecule has 1 atom stereocenters. The van der Waals surface area contributed by atoms with Crippen LogP contribution in [-0.2, 0) is 6.42 Å². The molecule has 0 unspecified atom stereocenters. The molecule has 11 heteroatoms. The molecule has 1 aliphatic heterocycles. The van der Waals surface area contributed by atoms with E-state index in [2.05, 4.69) is 20.2 Å². The summed E-state index contributed by atoms with van der Waals surface area (Å²) in [6.45, 7) is 2.39. The van der Waals surface area contributed by atoms with Crippen LogP contribution in [0.2, 0.25) is 0 Å². The zero-order valence-electron chi connectivity index (χ0n) is 17.1. The van der Waals surface area contributed by atoms with Crippen molar-refractivity contribution in [1.82, 2.24) is 34.7 Å². The summed E-state index contributed by atoms with van der Waals surface area (Å²) in [6.07, 6.45) is 3.36. The average molecular weight is 439 g/mol. The summed E-state index contributed by atoms with van der Waals surface area (Å²) in [7, 11) is 0. The minimum Gasteiger partial charge on any atom is -0.417 e. The number of pyridine rings is 1. The van der Waals surface area contributed by atoms with Gasteiger partial charge in [-0.1, -0.05) is 6.07 Å². The Labute approximate surface area is 180 Å². The second-order valence-corrected chi connectivity index (χ2v) is 8.41. The summed E-state index contributed by atoms with van der Waals surface area (Å²) in [4.78, 5) is 22.6. The highest BCUT2D eigenvalue weighted by atomic mass is 19.3. The van der Waals surface area contributed by atoms with Gasteiger partial charge in [-0.15, -0.1) is 10.2 Å². The van der Waals surface area contributed by atoms with Crippen molar-refractivity contribution in [2.24, 2.45) is 0 Å². The molecule has 1 amide bonds. The van der Waals surface area contributed by atoms with Crippen LogP contribution < -0.4 is 0 Å². The number of halogens is 2. The van der Waals surface area contributed by atoms with Crippen molar-refractivity contribution in [2.45, 2.75) is 44.1 Å². The lowest BCUT2D eigenvalue weighted by atomic mass is 9.81. The van der Waals surface area contributed by atoms with Crippen LogP contribution in [0.5, 0.6) is 0 Å². The number of alkyl halides is 2. The smallest absolute Gasteiger partial charge is 0.312 e. The van der Waals surface area contributed by atoms with E-state index in [1.807, 2.05) is 31.3 Å². The lowest BCUT2D eigenvalue weighted by molar-refractivity contribution is -0.0919. The number of carbonyl (C=O) groups is 1. The first-order valence-electron chi connectivity index (χ1n) is 10.4. The van der Waals surface area contributed by atoms with Crippen LogP contribution in [0.3, 0.4) is 0 Å². The Morgan fingerprint density at radius 1 is 1.31 bits per heavy atom. The maximum Gasteiger partial charge on any atom is 0.312 e. The van der Waals surface area contributed by atoms with Gasteiger partial charge in [-0.05, 0) is 24.6 Å². The fraction of sp³-hybridized carbons (Fsp3) is 0.381. The quantitative estimate of drug-likeness (QED) is 0.526. The summed E-state index contributed by atoms with van der Waals surface area (Å²) in [6, 6.07) is 5.31. The first-order chi connectivity index (χ1) is 15.4. The van der Waals surface area contributed by atoms with Gasteiger partial charge in [-0.3, -0.25) is 4.79 Å². The van der Waals surface area contributed by atoms with Gasteiger partial charge in [-0.25, -0.2) is 18.3 Å². The van der Waals surface area contributed by atoms with E-state index in [1.165, 1.54) is 0 Å². The number of nitrogens with zero attached hydrogens (tertiary/aromatic N) is 6. The van der Waals surface area contributed by atoms with Crippen molar-refractivity contribution in [3.63, 3.8) is 0 Å². The van der Waals surface area contributed by atoms with Crippen LogP contribution >= 0.6 is 0 Å². The predicted molar refractivity (Wildman–Crippen MR) is 106 cm³/mol. The van der Waals surface area contributed by atoms with Gasteiger partial charge in [0.15, 0.2) is 0 Å². The standard InChI is InChI=1S/C21H19F2N7O2/c1-11-3-2-5-30-15(11)7-14(28-30)17-16-13(24-10-25-16)4-6-29(17)20(31)19-27-26-18(32-19)12-8-21(22,23)9-12/h2-3,5,7,10,12,17H,4,6,8-9H2,1H3,(H,24,25)/t17-/m0/s1. The van der Waals surface area contributed by atoms with Gasteiger partial charge in [0.05, 0.1) is 23.2 Å². The molecule has 4 aromatic heterocycles. The molecule has 5 heterocycles. The Morgan fingerprint density at radius 3 is 2.94 bits per heavy atom. The third-order valence-corrected chi connectivity index (χ3v) is 6.26. The molecule has 4 aromatic rings. The Morgan fingerprint density at radius 2 is 2.16 bits per heavy atom. The summed E-state index contributed by atoms with van der Waals surface area (Å²) < 4.78 is 33.7. The van der Waals surface area contributed by atoms with Crippen molar-refractivity contribution in [2.75, 3.05) is 6.54 Å². The normalized spacial score (nSPS) is 20.3. The number of hydrogen-bond donors (Lipinski definition) is 1. The molecule has 32 heavy (non-hydrogen) atoms. The highest BCUT2D eigenvalue weighted by Gasteiger charge is 2.49. The third-order valence-electron chi connectivity index (χ3n) is 6.26. The molecule has 0 bridgehead atoms. The first-order valence-corrected chi connectivity index (χ1v) is 10.4. The van der Waals surface area contributed by atoms with Gasteiger partial charge in [0, 0.05) is 43.6 Å². The molecule has 164 valence electrons. The molecule has 6 rings (SSSR count). The number of carbonyl (C=O) groups excluding carboxylic acids is 1. The van der Waals surface area contributed by atoms with E-state index >= 15 is 0 Å². The van der Waals surface area contributed by atoms with Gasteiger partial charge in [0.2, 0.25) is 11.8 Å². The van der Waals surface area contributed by atoms with Crippen LogP contribution in [0.4, 0.5) is 8.78 Å². The van der Waals surface area contributed by atoms with E-state index in [4.69, 9.17) is 9.52 Å². The fourth-order valence-electron chi connectivity index (χ4n) is 4.55. The van der Waals surface area contributed by atoms with Crippen LogP contribution in [0, 0.1) is 6.92 Å². The summed E-state index contributed by atoms with van der Waals surface area (Å²) in [5.74, 6) is -3.83. The lowest BCUT2D eigenvalue weighted by Gasteiger charge is -2.33. The number of fused-ring (bicyclic) bond motifs is 2. The minimum atomic E-state index is -2.71. The van der Waals surface area contributed by atoms with Crippen LogP contribution in [0.15, 0.2) is 35.1 Å². The van der Waals surface area contributed by atoms with E-state index in [-0.39, 0.29) is 24.6 Å². The number of aromatic nitrogens is 6. The summed E-state index contributed by atoms with van der Waals surface area (Å²) in [5, 5.41) is 12.4. The molecule has 1 aliphatic carbocycles. The molecular weight excluding hydrogens is 420 g/mol. The molecular formula is C21H19F2N7O2. The highest BCUT2D eigenvalue weighted by molar-refractivity contribution is 5.90.